The van der Waals surface area contributed by atoms with E-state index in [9.17, 15) is 15.3 Å². The maximum absolute atomic E-state index is 9.72. The maximum atomic E-state index is 9.72. The number of halogens is 1. The van der Waals surface area contributed by atoms with Crippen LogP contribution in [0.3, 0.4) is 0 Å². The molecular formula is C21H16ClN3O3. The summed E-state index contributed by atoms with van der Waals surface area (Å²) in [4.78, 5) is 8.81. The number of aromatic hydroxyl groups is 1. The van der Waals surface area contributed by atoms with Gasteiger partial charge in [0.05, 0.1) is 5.52 Å². The Morgan fingerprint density at radius 2 is 1.82 bits per heavy atom. The van der Waals surface area contributed by atoms with Crippen molar-refractivity contribution in [3.8, 4) is 16.9 Å². The number of benzene rings is 3. The Morgan fingerprint density at radius 3 is 2.64 bits per heavy atom. The highest BCUT2D eigenvalue weighted by Crippen LogP contribution is 2.32. The fraction of sp³-hybridized carbons (Fsp3) is 0.0476. The lowest BCUT2D eigenvalue weighted by Gasteiger charge is -2.10. The number of nitrogens with zero attached hydrogens (tertiary/aromatic N) is 2. The van der Waals surface area contributed by atoms with Gasteiger partial charge in [0.2, 0.25) is 5.95 Å². The zero-order chi connectivity index (χ0) is 19.7. The molecule has 1 heterocycles. The first-order chi connectivity index (χ1) is 13.5. The van der Waals surface area contributed by atoms with Crippen LogP contribution in [0, 0.1) is 0 Å². The molecule has 0 bridgehead atoms. The normalized spacial score (nSPS) is 11.1. The average Bonchev–Trinajstić information content (AvgIpc) is 2.69. The van der Waals surface area contributed by atoms with E-state index in [0.717, 1.165) is 22.0 Å². The minimum Gasteiger partial charge on any atom is -0.508 e. The zero-order valence-corrected chi connectivity index (χ0v) is 15.3. The Labute approximate surface area is 165 Å². The molecule has 140 valence electrons. The first-order valence-electron chi connectivity index (χ1n) is 8.48. The quantitative estimate of drug-likeness (QED) is 0.384. The number of aliphatic hydroxyl groups is 2. The summed E-state index contributed by atoms with van der Waals surface area (Å²) in [6.45, 7) is 0. The van der Waals surface area contributed by atoms with Crippen LogP contribution in [0.5, 0.6) is 5.75 Å². The molecule has 3 aromatic carbocycles. The number of nitrogens with one attached hydrogen (secondary N) is 1. The summed E-state index contributed by atoms with van der Waals surface area (Å²) in [5.74, 6) is 0.533. The zero-order valence-electron chi connectivity index (χ0n) is 14.5. The second-order valence-corrected chi connectivity index (χ2v) is 6.66. The predicted molar refractivity (Wildman–Crippen MR) is 109 cm³/mol. The van der Waals surface area contributed by atoms with Crippen LogP contribution in [0.25, 0.3) is 22.0 Å². The van der Waals surface area contributed by atoms with Crippen molar-refractivity contribution in [1.29, 1.82) is 0 Å². The molecule has 1 aromatic heterocycles. The lowest BCUT2D eigenvalue weighted by Crippen LogP contribution is -1.99. The van der Waals surface area contributed by atoms with Gasteiger partial charge in [-0.1, -0.05) is 29.8 Å². The van der Waals surface area contributed by atoms with Gasteiger partial charge in [0, 0.05) is 33.4 Å². The number of rotatable bonds is 4. The number of anilines is 2. The lowest BCUT2D eigenvalue weighted by molar-refractivity contribution is -0.0424. The first kappa shape index (κ1) is 18.2. The van der Waals surface area contributed by atoms with E-state index in [1.165, 1.54) is 0 Å². The first-order valence-corrected chi connectivity index (χ1v) is 8.86. The van der Waals surface area contributed by atoms with E-state index in [1.54, 1.807) is 48.7 Å². The number of aliphatic hydroxyl groups excluding tert-OH is 1. The standard InChI is InChI=1S/C21H16ClN3O3/c22-18-6-5-16(26)10-17(18)12-4-7-19-14(8-12)11-23-21(25-19)24-15-3-1-2-13(9-15)20(27)28/h1-11,20,26-28H,(H,23,24,25). The molecule has 0 aliphatic carbocycles. The molecule has 0 fully saturated rings. The van der Waals surface area contributed by atoms with Crippen LogP contribution in [0.1, 0.15) is 11.9 Å². The van der Waals surface area contributed by atoms with Crippen LogP contribution in [-0.4, -0.2) is 25.3 Å². The smallest absolute Gasteiger partial charge is 0.227 e. The summed E-state index contributed by atoms with van der Waals surface area (Å²) in [5, 5.41) is 32.7. The van der Waals surface area contributed by atoms with Gasteiger partial charge in [-0.2, -0.15) is 0 Å². The van der Waals surface area contributed by atoms with Crippen molar-refractivity contribution < 1.29 is 15.3 Å². The predicted octanol–water partition coefficient (Wildman–Crippen LogP) is 4.38. The van der Waals surface area contributed by atoms with Crippen molar-refractivity contribution in [3.05, 3.63) is 77.4 Å². The number of hydrogen-bond acceptors (Lipinski definition) is 6. The monoisotopic (exact) mass is 393 g/mol. The van der Waals surface area contributed by atoms with Crippen LogP contribution in [0.4, 0.5) is 11.6 Å². The molecule has 0 saturated heterocycles. The van der Waals surface area contributed by atoms with Gasteiger partial charge in [-0.3, -0.25) is 0 Å². The molecular weight excluding hydrogens is 378 g/mol. The van der Waals surface area contributed by atoms with Crippen molar-refractivity contribution in [2.45, 2.75) is 6.29 Å². The molecule has 4 aromatic rings. The van der Waals surface area contributed by atoms with Gasteiger partial charge in [0.25, 0.3) is 0 Å². The second kappa shape index (κ2) is 7.44. The van der Waals surface area contributed by atoms with E-state index < -0.39 is 6.29 Å². The fourth-order valence-corrected chi connectivity index (χ4v) is 3.13. The van der Waals surface area contributed by atoms with Crippen molar-refractivity contribution in [3.63, 3.8) is 0 Å². The molecule has 7 heteroatoms. The molecule has 6 nitrogen and oxygen atoms in total. The number of phenolic OH excluding ortho intramolecular Hbond substituents is 1. The molecule has 0 amide bonds. The highest BCUT2D eigenvalue weighted by molar-refractivity contribution is 6.33. The second-order valence-electron chi connectivity index (χ2n) is 6.26. The summed E-state index contributed by atoms with van der Waals surface area (Å²) in [7, 11) is 0. The molecule has 28 heavy (non-hydrogen) atoms. The van der Waals surface area contributed by atoms with E-state index in [2.05, 4.69) is 15.3 Å². The van der Waals surface area contributed by atoms with Crippen LogP contribution in [-0.2, 0) is 0 Å². The Balaban J connectivity index is 1.65. The van der Waals surface area contributed by atoms with Crippen molar-refractivity contribution >= 4 is 34.1 Å². The lowest BCUT2D eigenvalue weighted by atomic mass is 10.0. The van der Waals surface area contributed by atoms with E-state index in [0.29, 0.717) is 22.2 Å². The molecule has 0 atom stereocenters. The summed E-state index contributed by atoms with van der Waals surface area (Å²) in [5.41, 5.74) is 3.33. The SMILES string of the molecule is Oc1ccc(Cl)c(-c2ccc3nc(Nc4cccc(C(O)O)c4)ncc3c2)c1. The Hall–Kier alpha value is -3.19. The third-order valence-corrected chi connectivity index (χ3v) is 4.61. The summed E-state index contributed by atoms with van der Waals surface area (Å²) < 4.78 is 0. The minimum absolute atomic E-state index is 0.144. The number of phenols is 1. The van der Waals surface area contributed by atoms with Crippen LogP contribution in [0.15, 0.2) is 66.9 Å². The maximum Gasteiger partial charge on any atom is 0.227 e. The minimum atomic E-state index is -1.54. The molecule has 0 aliphatic heterocycles. The van der Waals surface area contributed by atoms with E-state index in [4.69, 9.17) is 11.6 Å². The average molecular weight is 394 g/mol. The van der Waals surface area contributed by atoms with E-state index in [-0.39, 0.29) is 5.75 Å². The number of hydrogen-bond donors (Lipinski definition) is 4. The Kier molecular flexibility index (Phi) is 4.83. The van der Waals surface area contributed by atoms with Gasteiger partial charge in [0.1, 0.15) is 5.75 Å². The molecule has 0 unspecified atom stereocenters. The fourth-order valence-electron chi connectivity index (χ4n) is 2.90. The summed E-state index contributed by atoms with van der Waals surface area (Å²) in [6.07, 6.45) is 0.150. The van der Waals surface area contributed by atoms with Gasteiger partial charge in [-0.05, 0) is 48.0 Å². The number of fused-ring (bicyclic) bond motifs is 1. The highest BCUT2D eigenvalue weighted by Gasteiger charge is 2.08. The Morgan fingerprint density at radius 1 is 0.964 bits per heavy atom. The van der Waals surface area contributed by atoms with Gasteiger partial charge >= 0.3 is 0 Å². The summed E-state index contributed by atoms with van der Waals surface area (Å²) >= 11 is 6.24. The van der Waals surface area contributed by atoms with Crippen molar-refractivity contribution in [2.75, 3.05) is 5.32 Å². The van der Waals surface area contributed by atoms with Crippen LogP contribution < -0.4 is 5.32 Å². The van der Waals surface area contributed by atoms with Crippen molar-refractivity contribution in [2.24, 2.45) is 0 Å². The Bertz CT molecular complexity index is 1160. The van der Waals surface area contributed by atoms with Crippen LogP contribution >= 0.6 is 11.6 Å². The third kappa shape index (κ3) is 3.75. The molecule has 4 rings (SSSR count). The van der Waals surface area contributed by atoms with Gasteiger partial charge in [-0.15, -0.1) is 0 Å². The van der Waals surface area contributed by atoms with Crippen molar-refractivity contribution in [1.82, 2.24) is 9.97 Å². The molecule has 0 radical (unpaired) electrons. The third-order valence-electron chi connectivity index (χ3n) is 4.28. The summed E-state index contributed by atoms with van der Waals surface area (Å²) in [6, 6.07) is 17.2. The van der Waals surface area contributed by atoms with Gasteiger partial charge < -0.3 is 20.6 Å². The largest absolute Gasteiger partial charge is 0.508 e. The molecule has 4 N–H and O–H groups in total. The molecule has 0 spiro atoms. The van der Waals surface area contributed by atoms with E-state index >= 15 is 0 Å². The molecule has 0 saturated carbocycles. The highest BCUT2D eigenvalue weighted by atomic mass is 35.5. The molecule has 0 aliphatic rings. The number of aromatic nitrogens is 2. The van der Waals surface area contributed by atoms with Crippen LogP contribution in [0.2, 0.25) is 5.02 Å². The van der Waals surface area contributed by atoms with Gasteiger partial charge in [-0.25, -0.2) is 9.97 Å². The topological polar surface area (TPSA) is 98.5 Å². The van der Waals surface area contributed by atoms with Gasteiger partial charge in [0.15, 0.2) is 6.29 Å². The van der Waals surface area contributed by atoms with E-state index in [1.807, 2.05) is 18.2 Å².